The fraction of sp³-hybridized carbons (Fsp3) is 0.458. The summed E-state index contributed by atoms with van der Waals surface area (Å²) in [5, 5.41) is 2.92. The Bertz CT molecular complexity index is 1010. The van der Waals surface area contributed by atoms with Gasteiger partial charge in [0.05, 0.1) is 18.1 Å². The molecule has 0 unspecified atom stereocenters. The van der Waals surface area contributed by atoms with Gasteiger partial charge in [-0.25, -0.2) is 8.42 Å². The highest BCUT2D eigenvalue weighted by molar-refractivity contribution is 7.89. The second-order valence-corrected chi connectivity index (χ2v) is 10.3. The van der Waals surface area contributed by atoms with Crippen molar-refractivity contribution in [2.75, 3.05) is 44.7 Å². The lowest BCUT2D eigenvalue weighted by atomic mass is 10.1. The Kier molecular flexibility index (Phi) is 7.57. The van der Waals surface area contributed by atoms with Crippen molar-refractivity contribution in [1.82, 2.24) is 9.21 Å². The largest absolute Gasteiger partial charge is 0.379 e. The molecule has 0 bridgehead atoms. The lowest BCUT2D eigenvalue weighted by molar-refractivity contribution is 0.0342. The van der Waals surface area contributed by atoms with Crippen LogP contribution in [-0.4, -0.2) is 62.9 Å². The van der Waals surface area contributed by atoms with Crippen LogP contribution in [0.2, 0.25) is 0 Å². The summed E-state index contributed by atoms with van der Waals surface area (Å²) in [6.45, 7) is 5.25. The van der Waals surface area contributed by atoms with E-state index in [0.717, 1.165) is 69.8 Å². The van der Waals surface area contributed by atoms with Gasteiger partial charge in [0.25, 0.3) is 5.91 Å². The molecule has 0 atom stereocenters. The summed E-state index contributed by atoms with van der Waals surface area (Å²) >= 11 is 0. The molecule has 0 aliphatic carbocycles. The van der Waals surface area contributed by atoms with Gasteiger partial charge in [-0.2, -0.15) is 4.31 Å². The summed E-state index contributed by atoms with van der Waals surface area (Å²) in [5.41, 5.74) is 2.28. The Morgan fingerprint density at radius 1 is 0.906 bits per heavy atom. The Morgan fingerprint density at radius 3 is 2.28 bits per heavy atom. The molecule has 0 spiro atoms. The molecule has 0 aromatic heterocycles. The third-order valence-electron chi connectivity index (χ3n) is 6.01. The van der Waals surface area contributed by atoms with Crippen LogP contribution >= 0.6 is 0 Å². The van der Waals surface area contributed by atoms with Gasteiger partial charge in [-0.3, -0.25) is 9.69 Å². The minimum absolute atomic E-state index is 0.239. The fourth-order valence-electron chi connectivity index (χ4n) is 4.18. The predicted molar refractivity (Wildman–Crippen MR) is 124 cm³/mol. The molecule has 2 aliphatic rings. The van der Waals surface area contributed by atoms with E-state index in [9.17, 15) is 13.2 Å². The van der Waals surface area contributed by atoms with Gasteiger partial charge in [-0.15, -0.1) is 0 Å². The number of sulfonamides is 1. The molecule has 2 fully saturated rings. The Balaban J connectivity index is 1.40. The molecule has 7 nitrogen and oxygen atoms in total. The Labute approximate surface area is 190 Å². The number of rotatable bonds is 6. The van der Waals surface area contributed by atoms with E-state index >= 15 is 0 Å². The highest BCUT2D eigenvalue weighted by Crippen LogP contribution is 2.21. The second kappa shape index (κ2) is 10.6. The van der Waals surface area contributed by atoms with Crippen LogP contribution in [0.1, 0.15) is 41.6 Å². The first-order valence-electron chi connectivity index (χ1n) is 11.3. The first-order valence-corrected chi connectivity index (χ1v) is 12.8. The average molecular weight is 458 g/mol. The van der Waals surface area contributed by atoms with Crippen molar-refractivity contribution in [1.29, 1.82) is 0 Å². The maximum absolute atomic E-state index is 12.9. The van der Waals surface area contributed by atoms with Crippen LogP contribution in [0.3, 0.4) is 0 Å². The molecule has 2 aliphatic heterocycles. The first-order chi connectivity index (χ1) is 15.5. The standard InChI is InChI=1S/C24H31N3O4S/c28-24(25-22-7-5-6-20(18-22)19-26-14-16-31-17-15-26)21-8-10-23(11-9-21)32(29,30)27-12-3-1-2-4-13-27/h5-11,18H,1-4,12-17,19H2,(H,25,28). The van der Waals surface area contributed by atoms with E-state index in [1.807, 2.05) is 24.3 Å². The summed E-state index contributed by atoms with van der Waals surface area (Å²) in [6, 6.07) is 14.0. The lowest BCUT2D eigenvalue weighted by Crippen LogP contribution is -2.35. The quantitative estimate of drug-likeness (QED) is 0.720. The van der Waals surface area contributed by atoms with Gasteiger partial charge in [0, 0.05) is 44.0 Å². The molecule has 8 heteroatoms. The normalized spacial score (nSPS) is 18.8. The topological polar surface area (TPSA) is 79.0 Å². The molecule has 0 saturated carbocycles. The molecule has 2 saturated heterocycles. The summed E-state index contributed by atoms with van der Waals surface area (Å²) in [5.74, 6) is -0.257. The third-order valence-corrected chi connectivity index (χ3v) is 7.93. The molecule has 172 valence electrons. The van der Waals surface area contributed by atoms with Crippen molar-refractivity contribution in [2.24, 2.45) is 0 Å². The van der Waals surface area contributed by atoms with Crippen molar-refractivity contribution in [3.8, 4) is 0 Å². The number of ether oxygens (including phenoxy) is 1. The Morgan fingerprint density at radius 2 is 1.59 bits per heavy atom. The molecule has 2 aromatic rings. The molecule has 32 heavy (non-hydrogen) atoms. The van der Waals surface area contributed by atoms with Gasteiger partial charge in [-0.05, 0) is 54.8 Å². The highest BCUT2D eigenvalue weighted by atomic mass is 32.2. The summed E-state index contributed by atoms with van der Waals surface area (Å²) < 4.78 is 32.8. The smallest absolute Gasteiger partial charge is 0.255 e. The SMILES string of the molecule is O=C(Nc1cccc(CN2CCOCC2)c1)c1ccc(S(=O)(=O)N2CCCCCC2)cc1. The zero-order valence-electron chi connectivity index (χ0n) is 18.3. The minimum Gasteiger partial charge on any atom is -0.379 e. The zero-order valence-corrected chi connectivity index (χ0v) is 19.1. The number of hydrogen-bond donors (Lipinski definition) is 1. The van der Waals surface area contributed by atoms with Gasteiger partial charge in [0.15, 0.2) is 0 Å². The van der Waals surface area contributed by atoms with Crippen molar-refractivity contribution < 1.29 is 17.9 Å². The van der Waals surface area contributed by atoms with Gasteiger partial charge < -0.3 is 10.1 Å². The zero-order chi connectivity index (χ0) is 22.4. The van der Waals surface area contributed by atoms with E-state index in [1.165, 1.54) is 12.1 Å². The highest BCUT2D eigenvalue weighted by Gasteiger charge is 2.25. The molecular weight excluding hydrogens is 426 g/mol. The van der Waals surface area contributed by atoms with E-state index in [0.29, 0.717) is 18.7 Å². The van der Waals surface area contributed by atoms with E-state index in [4.69, 9.17) is 4.74 Å². The average Bonchev–Trinajstić information content (AvgIpc) is 3.10. The van der Waals surface area contributed by atoms with Crippen LogP contribution in [0.15, 0.2) is 53.4 Å². The van der Waals surface area contributed by atoms with Gasteiger partial charge in [-0.1, -0.05) is 25.0 Å². The van der Waals surface area contributed by atoms with Crippen LogP contribution < -0.4 is 5.32 Å². The van der Waals surface area contributed by atoms with Crippen LogP contribution in [0.5, 0.6) is 0 Å². The fourth-order valence-corrected chi connectivity index (χ4v) is 5.69. The number of nitrogens with zero attached hydrogens (tertiary/aromatic N) is 2. The number of carbonyl (C=O) groups excluding carboxylic acids is 1. The first kappa shape index (κ1) is 22.9. The van der Waals surface area contributed by atoms with Crippen LogP contribution in [0.25, 0.3) is 0 Å². The summed E-state index contributed by atoms with van der Waals surface area (Å²) in [4.78, 5) is 15.3. The number of benzene rings is 2. The minimum atomic E-state index is -3.52. The van der Waals surface area contributed by atoms with Gasteiger partial charge in [0.2, 0.25) is 10.0 Å². The van der Waals surface area contributed by atoms with Crippen molar-refractivity contribution in [3.05, 3.63) is 59.7 Å². The molecule has 4 rings (SSSR count). The van der Waals surface area contributed by atoms with Crippen LogP contribution in [0.4, 0.5) is 5.69 Å². The number of nitrogens with one attached hydrogen (secondary N) is 1. The predicted octanol–water partition coefficient (Wildman–Crippen LogP) is 3.34. The van der Waals surface area contributed by atoms with Crippen LogP contribution in [0, 0.1) is 0 Å². The van der Waals surface area contributed by atoms with Crippen LogP contribution in [-0.2, 0) is 21.3 Å². The maximum Gasteiger partial charge on any atom is 0.255 e. The molecular formula is C24H31N3O4S. The number of amides is 1. The van der Waals surface area contributed by atoms with Gasteiger partial charge in [0.1, 0.15) is 0 Å². The van der Waals surface area contributed by atoms with E-state index in [2.05, 4.69) is 10.2 Å². The van der Waals surface area contributed by atoms with E-state index in [1.54, 1.807) is 16.4 Å². The summed E-state index contributed by atoms with van der Waals surface area (Å²) in [6.07, 6.45) is 3.92. The second-order valence-electron chi connectivity index (χ2n) is 8.39. The number of carbonyl (C=O) groups is 1. The van der Waals surface area contributed by atoms with Crippen molar-refractivity contribution in [3.63, 3.8) is 0 Å². The van der Waals surface area contributed by atoms with Crippen molar-refractivity contribution in [2.45, 2.75) is 37.1 Å². The monoisotopic (exact) mass is 457 g/mol. The number of hydrogen-bond acceptors (Lipinski definition) is 5. The van der Waals surface area contributed by atoms with Gasteiger partial charge >= 0.3 is 0 Å². The number of morpholine rings is 1. The molecule has 0 radical (unpaired) electrons. The molecule has 2 aromatic carbocycles. The molecule has 1 N–H and O–H groups in total. The summed E-state index contributed by atoms with van der Waals surface area (Å²) in [7, 11) is -3.52. The Hall–Kier alpha value is -2.26. The van der Waals surface area contributed by atoms with Crippen molar-refractivity contribution >= 4 is 21.6 Å². The maximum atomic E-state index is 12.9. The number of anilines is 1. The third kappa shape index (κ3) is 5.75. The lowest BCUT2D eigenvalue weighted by Gasteiger charge is -2.26. The molecule has 1 amide bonds. The van der Waals surface area contributed by atoms with E-state index in [-0.39, 0.29) is 10.8 Å². The molecule has 2 heterocycles. The van der Waals surface area contributed by atoms with E-state index < -0.39 is 10.0 Å².